The fourth-order valence-electron chi connectivity index (χ4n) is 3.17. The van der Waals surface area contributed by atoms with E-state index in [1.165, 1.54) is 21.6 Å². The van der Waals surface area contributed by atoms with Gasteiger partial charge < -0.3 is 5.32 Å². The van der Waals surface area contributed by atoms with E-state index in [2.05, 4.69) is 21.8 Å². The summed E-state index contributed by atoms with van der Waals surface area (Å²) in [5.74, 6) is 0.546. The summed E-state index contributed by atoms with van der Waals surface area (Å²) in [7, 11) is 0. The van der Waals surface area contributed by atoms with E-state index in [1.54, 1.807) is 6.92 Å². The Labute approximate surface area is 178 Å². The van der Waals surface area contributed by atoms with Crippen molar-refractivity contribution < 1.29 is 0 Å². The molecule has 0 spiro atoms. The highest BCUT2D eigenvalue weighted by Crippen LogP contribution is 2.30. The maximum atomic E-state index is 13.1. The summed E-state index contributed by atoms with van der Waals surface area (Å²) in [6.45, 7) is 5.84. The molecule has 0 amide bonds. The maximum absolute atomic E-state index is 13.1. The topological polar surface area (TPSA) is 58.9 Å². The van der Waals surface area contributed by atoms with Gasteiger partial charge in [-0.1, -0.05) is 48.0 Å². The number of hydrogen-bond acceptors (Lipinski definition) is 4. The Morgan fingerprint density at radius 3 is 2.55 bits per heavy atom. The van der Waals surface area contributed by atoms with Gasteiger partial charge in [0.05, 0.1) is 5.52 Å². The number of rotatable bonds is 3. The SMILES string of the molecule is Cc1ccc(NC(=S)Nn2c(C)nc3cc(-c4ccccc4)sc3c2=O)c(C)c1. The predicted molar refractivity (Wildman–Crippen MR) is 126 cm³/mol. The van der Waals surface area contributed by atoms with E-state index in [1.807, 2.05) is 62.4 Å². The van der Waals surface area contributed by atoms with Gasteiger partial charge in [0.1, 0.15) is 10.5 Å². The minimum atomic E-state index is -0.163. The van der Waals surface area contributed by atoms with Gasteiger partial charge in [0, 0.05) is 10.6 Å². The van der Waals surface area contributed by atoms with Crippen LogP contribution in [0, 0.1) is 20.8 Å². The van der Waals surface area contributed by atoms with Crippen molar-refractivity contribution in [1.82, 2.24) is 9.66 Å². The molecular weight excluding hydrogens is 400 g/mol. The highest BCUT2D eigenvalue weighted by molar-refractivity contribution is 7.80. The lowest BCUT2D eigenvalue weighted by Gasteiger charge is -2.15. The fourth-order valence-corrected chi connectivity index (χ4v) is 4.41. The Kier molecular flexibility index (Phi) is 5.17. The second-order valence-corrected chi connectivity index (χ2v) is 8.34. The minimum absolute atomic E-state index is 0.163. The normalized spacial score (nSPS) is 10.9. The van der Waals surface area contributed by atoms with Crippen LogP contribution in [-0.4, -0.2) is 14.8 Å². The van der Waals surface area contributed by atoms with E-state index in [4.69, 9.17) is 12.2 Å². The highest BCUT2D eigenvalue weighted by Gasteiger charge is 2.14. The number of thiocarbonyl (C=S) groups is 1. The summed E-state index contributed by atoms with van der Waals surface area (Å²) in [5, 5.41) is 3.49. The van der Waals surface area contributed by atoms with Gasteiger partial charge in [-0.25, -0.2) is 9.66 Å². The lowest BCUT2D eigenvalue weighted by Crippen LogP contribution is -2.37. The first-order valence-electron chi connectivity index (χ1n) is 9.16. The lowest BCUT2D eigenvalue weighted by atomic mass is 10.1. The zero-order valence-corrected chi connectivity index (χ0v) is 17.9. The molecule has 0 saturated heterocycles. The molecular formula is C22H20N4OS2. The molecule has 29 heavy (non-hydrogen) atoms. The molecule has 7 heteroatoms. The predicted octanol–water partition coefficient (Wildman–Crippen LogP) is 4.99. The van der Waals surface area contributed by atoms with Crippen LogP contribution in [0.25, 0.3) is 20.7 Å². The Morgan fingerprint density at radius 2 is 1.83 bits per heavy atom. The van der Waals surface area contributed by atoms with Crippen LogP contribution in [0.2, 0.25) is 0 Å². The molecule has 0 aliphatic heterocycles. The molecule has 0 aliphatic rings. The number of aromatic nitrogens is 2. The molecule has 0 bridgehead atoms. The Morgan fingerprint density at radius 1 is 1.07 bits per heavy atom. The molecule has 0 radical (unpaired) electrons. The molecule has 4 rings (SSSR count). The quantitative estimate of drug-likeness (QED) is 0.457. The largest absolute Gasteiger partial charge is 0.331 e. The van der Waals surface area contributed by atoms with E-state index >= 15 is 0 Å². The molecule has 2 N–H and O–H groups in total. The molecule has 0 atom stereocenters. The van der Waals surface area contributed by atoms with Crippen molar-refractivity contribution in [2.75, 3.05) is 10.7 Å². The van der Waals surface area contributed by atoms with E-state index in [-0.39, 0.29) is 5.56 Å². The summed E-state index contributed by atoms with van der Waals surface area (Å²) < 4.78 is 1.99. The van der Waals surface area contributed by atoms with Gasteiger partial charge in [-0.15, -0.1) is 11.3 Å². The molecule has 2 aromatic heterocycles. The van der Waals surface area contributed by atoms with E-state index < -0.39 is 0 Å². The lowest BCUT2D eigenvalue weighted by molar-refractivity contribution is 0.841. The monoisotopic (exact) mass is 420 g/mol. The van der Waals surface area contributed by atoms with Crippen LogP contribution in [-0.2, 0) is 0 Å². The molecule has 5 nitrogen and oxygen atoms in total. The van der Waals surface area contributed by atoms with Gasteiger partial charge in [0.15, 0.2) is 5.11 Å². The number of anilines is 1. The summed E-state index contributed by atoms with van der Waals surface area (Å²) in [6.07, 6.45) is 0. The van der Waals surface area contributed by atoms with Crippen molar-refractivity contribution in [3.63, 3.8) is 0 Å². The summed E-state index contributed by atoms with van der Waals surface area (Å²) in [5.41, 5.74) is 7.74. The van der Waals surface area contributed by atoms with Gasteiger partial charge in [0.25, 0.3) is 5.56 Å². The number of benzene rings is 2. The molecule has 0 fully saturated rings. The highest BCUT2D eigenvalue weighted by atomic mass is 32.1. The van der Waals surface area contributed by atoms with Crippen LogP contribution in [0.4, 0.5) is 5.69 Å². The molecule has 2 heterocycles. The first-order chi connectivity index (χ1) is 13.9. The summed E-state index contributed by atoms with van der Waals surface area (Å²) in [4.78, 5) is 18.7. The number of thiophene rings is 1. The molecule has 0 aliphatic carbocycles. The molecule has 0 saturated carbocycles. The number of nitrogens with zero attached hydrogens (tertiary/aromatic N) is 2. The van der Waals surface area contributed by atoms with Crippen LogP contribution < -0.4 is 16.3 Å². The average molecular weight is 421 g/mol. The van der Waals surface area contributed by atoms with Crippen LogP contribution in [0.15, 0.2) is 59.4 Å². The number of nitrogens with one attached hydrogen (secondary N) is 2. The molecule has 146 valence electrons. The van der Waals surface area contributed by atoms with Gasteiger partial charge >= 0.3 is 0 Å². The van der Waals surface area contributed by atoms with Gasteiger partial charge in [-0.2, -0.15) is 0 Å². The second-order valence-electron chi connectivity index (χ2n) is 6.87. The van der Waals surface area contributed by atoms with Crippen molar-refractivity contribution in [3.05, 3.63) is 81.9 Å². The Balaban J connectivity index is 1.65. The first kappa shape index (κ1) is 19.3. The molecule has 0 unspecified atom stereocenters. The van der Waals surface area contributed by atoms with Crippen molar-refractivity contribution in [2.24, 2.45) is 0 Å². The van der Waals surface area contributed by atoms with Crippen LogP contribution >= 0.6 is 23.6 Å². The third kappa shape index (κ3) is 3.92. The third-order valence-electron chi connectivity index (χ3n) is 4.62. The average Bonchev–Trinajstić information content (AvgIpc) is 3.12. The van der Waals surface area contributed by atoms with Gasteiger partial charge in [0.2, 0.25) is 0 Å². The summed E-state index contributed by atoms with van der Waals surface area (Å²) >= 11 is 6.86. The van der Waals surface area contributed by atoms with Gasteiger partial charge in [-0.05, 0) is 56.2 Å². The van der Waals surface area contributed by atoms with Crippen LogP contribution in [0.5, 0.6) is 0 Å². The molecule has 2 aromatic carbocycles. The Hall–Kier alpha value is -3.03. The molecule has 4 aromatic rings. The first-order valence-corrected chi connectivity index (χ1v) is 10.4. The Bertz CT molecular complexity index is 1280. The van der Waals surface area contributed by atoms with E-state index in [0.717, 1.165) is 21.7 Å². The summed E-state index contributed by atoms with van der Waals surface area (Å²) in [6, 6.07) is 18.0. The maximum Gasteiger partial charge on any atom is 0.290 e. The number of fused-ring (bicyclic) bond motifs is 1. The van der Waals surface area contributed by atoms with Crippen LogP contribution in [0.1, 0.15) is 17.0 Å². The van der Waals surface area contributed by atoms with Crippen LogP contribution in [0.3, 0.4) is 0 Å². The standard InChI is InChI=1S/C22H20N4OS2/c1-13-9-10-17(14(2)11-13)24-22(28)25-26-15(3)23-18-12-19(29-20(18)21(26)27)16-7-5-4-6-8-16/h4-12H,1-3H3,(H2,24,25,28). The van der Waals surface area contributed by atoms with Crippen molar-refractivity contribution >= 4 is 44.6 Å². The van der Waals surface area contributed by atoms with Crippen molar-refractivity contribution in [2.45, 2.75) is 20.8 Å². The zero-order valence-electron chi connectivity index (χ0n) is 16.3. The number of hydrogen-bond donors (Lipinski definition) is 2. The van der Waals surface area contributed by atoms with E-state index in [0.29, 0.717) is 21.2 Å². The van der Waals surface area contributed by atoms with Crippen molar-refractivity contribution in [1.29, 1.82) is 0 Å². The zero-order chi connectivity index (χ0) is 20.5. The second kappa shape index (κ2) is 7.77. The van der Waals surface area contributed by atoms with Gasteiger partial charge in [-0.3, -0.25) is 10.2 Å². The minimum Gasteiger partial charge on any atom is -0.331 e. The van der Waals surface area contributed by atoms with E-state index in [9.17, 15) is 4.79 Å². The number of aryl methyl sites for hydroxylation is 3. The smallest absolute Gasteiger partial charge is 0.290 e. The third-order valence-corrected chi connectivity index (χ3v) is 5.97. The van der Waals surface area contributed by atoms with Crippen molar-refractivity contribution in [3.8, 4) is 10.4 Å². The fraction of sp³-hybridized carbons (Fsp3) is 0.136.